The molecule has 2 N–H and O–H groups in total. The number of aromatic nitrogens is 2. The Kier molecular flexibility index (Phi) is 5.00. The van der Waals surface area contributed by atoms with Gasteiger partial charge in [-0.25, -0.2) is 13.2 Å². The molecule has 0 amide bonds. The Morgan fingerprint density at radius 1 is 1.48 bits per heavy atom. The molecule has 1 fully saturated rings. The smallest absolute Gasteiger partial charge is 0.340 e. The van der Waals surface area contributed by atoms with Gasteiger partial charge in [0.15, 0.2) is 5.03 Å². The van der Waals surface area contributed by atoms with Gasteiger partial charge in [-0.05, 0) is 25.2 Å². The topological polar surface area (TPSA) is 103 Å². The number of carboxylic acid groups (broad SMARTS) is 1. The van der Waals surface area contributed by atoms with Gasteiger partial charge in [0.1, 0.15) is 5.56 Å². The summed E-state index contributed by atoms with van der Waals surface area (Å²) in [6.45, 7) is 2.99. The van der Waals surface area contributed by atoms with Crippen molar-refractivity contribution in [2.75, 3.05) is 13.1 Å². The molecule has 0 saturated carbocycles. The summed E-state index contributed by atoms with van der Waals surface area (Å²) in [5.74, 6) is -0.739. The molecular weight excluding hydrogens is 294 g/mol. The number of nitrogens with one attached hydrogen (secondary N) is 1. The summed E-state index contributed by atoms with van der Waals surface area (Å²) >= 11 is 0. The third kappa shape index (κ3) is 3.44. The van der Waals surface area contributed by atoms with Gasteiger partial charge >= 0.3 is 5.97 Å². The molecule has 1 unspecified atom stereocenters. The highest BCUT2D eigenvalue weighted by molar-refractivity contribution is 7.89. The van der Waals surface area contributed by atoms with Crippen LogP contribution < -0.4 is 0 Å². The van der Waals surface area contributed by atoms with Crippen molar-refractivity contribution < 1.29 is 18.3 Å². The van der Waals surface area contributed by atoms with E-state index in [9.17, 15) is 13.2 Å². The summed E-state index contributed by atoms with van der Waals surface area (Å²) < 4.78 is 26.5. The molecule has 0 spiro atoms. The number of carbonyl (C=O) groups is 1. The number of aromatic carboxylic acids is 1. The van der Waals surface area contributed by atoms with Crippen molar-refractivity contribution >= 4 is 16.0 Å². The fourth-order valence-electron chi connectivity index (χ4n) is 2.83. The maximum absolute atomic E-state index is 12.6. The van der Waals surface area contributed by atoms with Crippen LogP contribution in [0.5, 0.6) is 0 Å². The van der Waals surface area contributed by atoms with E-state index >= 15 is 0 Å². The fourth-order valence-corrected chi connectivity index (χ4v) is 4.39. The maximum atomic E-state index is 12.6. The van der Waals surface area contributed by atoms with E-state index in [-0.39, 0.29) is 10.6 Å². The number of rotatable bonds is 5. The lowest BCUT2D eigenvalue weighted by Crippen LogP contribution is -2.33. The van der Waals surface area contributed by atoms with E-state index in [4.69, 9.17) is 5.11 Å². The zero-order chi connectivity index (χ0) is 15.5. The molecule has 2 rings (SSSR count). The molecule has 2 heterocycles. The van der Waals surface area contributed by atoms with E-state index in [2.05, 4.69) is 17.1 Å². The van der Waals surface area contributed by atoms with Gasteiger partial charge in [0.25, 0.3) is 10.0 Å². The SMILES string of the molecule is CCCC1CCCN(S(=O)(=O)c2[nH]ncc2C(=O)O)CC1. The molecule has 1 aromatic heterocycles. The van der Waals surface area contributed by atoms with Crippen LogP contribution in [0.4, 0.5) is 0 Å². The lowest BCUT2D eigenvalue weighted by Gasteiger charge is -2.19. The van der Waals surface area contributed by atoms with Crippen molar-refractivity contribution in [2.24, 2.45) is 5.92 Å². The van der Waals surface area contributed by atoms with Gasteiger partial charge in [0, 0.05) is 13.1 Å². The summed E-state index contributed by atoms with van der Waals surface area (Å²) in [6.07, 6.45) is 5.89. The van der Waals surface area contributed by atoms with Crippen molar-refractivity contribution in [2.45, 2.75) is 44.1 Å². The van der Waals surface area contributed by atoms with E-state index < -0.39 is 16.0 Å². The third-order valence-corrected chi connectivity index (χ3v) is 5.81. The molecule has 118 valence electrons. The van der Waals surface area contributed by atoms with E-state index in [1.807, 2.05) is 0 Å². The van der Waals surface area contributed by atoms with E-state index in [1.165, 1.54) is 4.31 Å². The zero-order valence-electron chi connectivity index (χ0n) is 12.1. The van der Waals surface area contributed by atoms with Gasteiger partial charge in [-0.3, -0.25) is 5.10 Å². The second-order valence-corrected chi connectivity index (χ2v) is 7.28. The molecule has 0 aromatic carbocycles. The lowest BCUT2D eigenvalue weighted by atomic mass is 9.96. The monoisotopic (exact) mass is 315 g/mol. The Hall–Kier alpha value is -1.41. The van der Waals surface area contributed by atoms with Gasteiger partial charge in [0.05, 0.1) is 6.20 Å². The van der Waals surface area contributed by atoms with Crippen LogP contribution in [0.25, 0.3) is 0 Å². The van der Waals surface area contributed by atoms with E-state index in [0.717, 1.165) is 38.3 Å². The Labute approximate surface area is 124 Å². The average Bonchev–Trinajstić information content (AvgIpc) is 2.81. The van der Waals surface area contributed by atoms with Crippen molar-refractivity contribution in [3.05, 3.63) is 11.8 Å². The van der Waals surface area contributed by atoms with Crippen LogP contribution in [0.3, 0.4) is 0 Å². The molecule has 0 radical (unpaired) electrons. The van der Waals surface area contributed by atoms with Crippen LogP contribution in [0.1, 0.15) is 49.4 Å². The maximum Gasteiger partial charge on any atom is 0.340 e. The first-order chi connectivity index (χ1) is 9.96. The largest absolute Gasteiger partial charge is 0.478 e. The molecule has 1 aromatic rings. The van der Waals surface area contributed by atoms with Crippen LogP contribution >= 0.6 is 0 Å². The Bertz CT molecular complexity index is 596. The first-order valence-electron chi connectivity index (χ1n) is 7.23. The predicted octanol–water partition coefficient (Wildman–Crippen LogP) is 1.70. The highest BCUT2D eigenvalue weighted by Gasteiger charge is 2.32. The minimum Gasteiger partial charge on any atom is -0.478 e. The molecule has 8 heteroatoms. The summed E-state index contributed by atoms with van der Waals surface area (Å²) in [5.41, 5.74) is -0.302. The highest BCUT2D eigenvalue weighted by atomic mass is 32.2. The molecular formula is C13H21N3O4S. The van der Waals surface area contributed by atoms with Crippen molar-refractivity contribution in [1.82, 2.24) is 14.5 Å². The molecule has 1 atom stereocenters. The quantitative estimate of drug-likeness (QED) is 0.860. The van der Waals surface area contributed by atoms with Crippen molar-refractivity contribution in [3.8, 4) is 0 Å². The van der Waals surface area contributed by atoms with Crippen LogP contribution in [0, 0.1) is 5.92 Å². The van der Waals surface area contributed by atoms with Gasteiger partial charge in [-0.2, -0.15) is 9.40 Å². The molecule has 1 saturated heterocycles. The number of carboxylic acids is 1. The fraction of sp³-hybridized carbons (Fsp3) is 0.692. The van der Waals surface area contributed by atoms with Gasteiger partial charge < -0.3 is 5.11 Å². The summed E-state index contributed by atoms with van der Waals surface area (Å²) in [5, 5.41) is 14.6. The van der Waals surface area contributed by atoms with Gasteiger partial charge in [-0.15, -0.1) is 0 Å². The lowest BCUT2D eigenvalue weighted by molar-refractivity contribution is 0.0692. The van der Waals surface area contributed by atoms with Gasteiger partial charge in [-0.1, -0.05) is 19.8 Å². The van der Waals surface area contributed by atoms with Crippen molar-refractivity contribution in [1.29, 1.82) is 0 Å². The molecule has 7 nitrogen and oxygen atoms in total. The molecule has 0 aliphatic carbocycles. The first-order valence-corrected chi connectivity index (χ1v) is 8.67. The number of sulfonamides is 1. The van der Waals surface area contributed by atoms with Crippen LogP contribution in [0.15, 0.2) is 11.2 Å². The second kappa shape index (κ2) is 6.57. The highest BCUT2D eigenvalue weighted by Crippen LogP contribution is 2.26. The van der Waals surface area contributed by atoms with E-state index in [0.29, 0.717) is 19.0 Å². The molecule has 21 heavy (non-hydrogen) atoms. The number of aromatic amines is 1. The van der Waals surface area contributed by atoms with Gasteiger partial charge in [0.2, 0.25) is 0 Å². The van der Waals surface area contributed by atoms with Crippen LogP contribution in [-0.2, 0) is 10.0 Å². The first kappa shape index (κ1) is 16.0. The number of hydrogen-bond donors (Lipinski definition) is 2. The standard InChI is InChI=1S/C13H21N3O4S/c1-2-4-10-5-3-7-16(8-6-10)21(19,20)12-11(13(17)18)9-14-15-12/h9-10H,2-8H2,1H3,(H,14,15)(H,17,18). The second-order valence-electron chi connectivity index (χ2n) is 5.41. The number of H-pyrrole nitrogens is 1. The minimum atomic E-state index is -3.82. The number of nitrogens with zero attached hydrogens (tertiary/aromatic N) is 2. The third-order valence-electron chi connectivity index (χ3n) is 3.94. The molecule has 0 bridgehead atoms. The normalized spacial score (nSPS) is 21.1. The molecule has 1 aliphatic rings. The predicted molar refractivity (Wildman–Crippen MR) is 76.6 cm³/mol. The summed E-state index contributed by atoms with van der Waals surface area (Å²) in [6, 6.07) is 0. The summed E-state index contributed by atoms with van der Waals surface area (Å²) in [4.78, 5) is 11.1. The Balaban J connectivity index is 2.20. The Morgan fingerprint density at radius 3 is 2.90 bits per heavy atom. The van der Waals surface area contributed by atoms with Crippen molar-refractivity contribution in [3.63, 3.8) is 0 Å². The van der Waals surface area contributed by atoms with E-state index in [1.54, 1.807) is 0 Å². The number of hydrogen-bond acceptors (Lipinski definition) is 4. The average molecular weight is 315 g/mol. The minimum absolute atomic E-state index is 0.302. The van der Waals surface area contributed by atoms with Crippen LogP contribution in [-0.4, -0.2) is 47.1 Å². The molecule has 1 aliphatic heterocycles. The Morgan fingerprint density at radius 2 is 2.24 bits per heavy atom. The van der Waals surface area contributed by atoms with Crippen LogP contribution in [0.2, 0.25) is 0 Å². The zero-order valence-corrected chi connectivity index (χ0v) is 12.9. The summed E-state index contributed by atoms with van der Waals surface area (Å²) in [7, 11) is -3.82.